The van der Waals surface area contributed by atoms with Crippen LogP contribution < -0.4 is 0 Å². The van der Waals surface area contributed by atoms with Crippen molar-refractivity contribution in [1.82, 2.24) is 4.90 Å². The molecule has 1 N–H and O–H groups in total. The van der Waals surface area contributed by atoms with Gasteiger partial charge in [-0.3, -0.25) is 4.79 Å². The van der Waals surface area contributed by atoms with Crippen LogP contribution in [0.3, 0.4) is 0 Å². The molecule has 1 rings (SSSR count). The van der Waals surface area contributed by atoms with E-state index < -0.39 is 24.1 Å². The first kappa shape index (κ1) is 13.5. The van der Waals surface area contributed by atoms with Crippen molar-refractivity contribution in [2.24, 2.45) is 0 Å². The van der Waals surface area contributed by atoms with Crippen molar-refractivity contribution in [2.75, 3.05) is 6.54 Å². The number of aliphatic carboxylic acids is 1. The van der Waals surface area contributed by atoms with E-state index >= 15 is 0 Å². The average Bonchev–Trinajstić information content (AvgIpc) is 2.24. The van der Waals surface area contributed by atoms with E-state index in [2.05, 4.69) is 0 Å². The van der Waals surface area contributed by atoms with Crippen LogP contribution in [0.15, 0.2) is 12.2 Å². The summed E-state index contributed by atoms with van der Waals surface area (Å²) in [4.78, 5) is 22.3. The summed E-state index contributed by atoms with van der Waals surface area (Å²) in [5.41, 5.74) is 0. The molecule has 1 fully saturated rings. The van der Waals surface area contributed by atoms with Gasteiger partial charge in [0.2, 0.25) is 5.91 Å². The molecule has 1 heterocycles. The van der Waals surface area contributed by atoms with Crippen LogP contribution in [0.25, 0.3) is 0 Å². The minimum absolute atomic E-state index is 0.00691. The molecule has 1 atom stereocenters. The number of carbonyl (C=O) groups excluding carboxylic acids is 1. The molecule has 0 spiro atoms. The number of likely N-dealkylation sites (tertiary alicyclic amines) is 1. The molecule has 17 heavy (non-hydrogen) atoms. The molecule has 0 radical (unpaired) electrons. The van der Waals surface area contributed by atoms with Crippen molar-refractivity contribution in [3.63, 3.8) is 0 Å². The Hall–Kier alpha value is -1.53. The van der Waals surface area contributed by atoms with Crippen LogP contribution in [0.5, 0.6) is 0 Å². The van der Waals surface area contributed by atoms with E-state index in [-0.39, 0.29) is 13.0 Å². The van der Waals surface area contributed by atoms with E-state index in [0.717, 1.165) is 0 Å². The Labute approximate surface area is 95.7 Å². The minimum atomic E-state index is -4.47. The zero-order chi connectivity index (χ0) is 13.1. The summed E-state index contributed by atoms with van der Waals surface area (Å²) in [6, 6.07) is -1.80. The molecule has 4 nitrogen and oxygen atoms in total. The van der Waals surface area contributed by atoms with Crippen molar-refractivity contribution >= 4 is 11.9 Å². The van der Waals surface area contributed by atoms with Crippen molar-refractivity contribution in [3.05, 3.63) is 12.2 Å². The third-order valence-electron chi connectivity index (χ3n) is 2.53. The molecule has 0 aromatic rings. The number of piperidine rings is 1. The molecule has 1 saturated heterocycles. The number of alkyl halides is 3. The Morgan fingerprint density at radius 2 is 1.88 bits per heavy atom. The van der Waals surface area contributed by atoms with Gasteiger partial charge in [0, 0.05) is 18.7 Å². The van der Waals surface area contributed by atoms with Crippen LogP contribution in [0.4, 0.5) is 13.2 Å². The number of carboxylic acids is 1. The maximum atomic E-state index is 12.6. The third kappa shape index (κ3) is 3.76. The summed E-state index contributed by atoms with van der Waals surface area (Å²) in [7, 11) is 0. The molecule has 0 aromatic carbocycles. The van der Waals surface area contributed by atoms with Gasteiger partial charge >= 0.3 is 12.1 Å². The standard InChI is InChI=1S/C10H12F3NO3/c11-10(12,13)7-3-1-2-6-14(7)8(15)4-5-9(16)17/h4-5,7H,1-3,6H2,(H,16,17)/b5-4+. The zero-order valence-corrected chi connectivity index (χ0v) is 8.91. The SMILES string of the molecule is O=C(O)/C=C/C(=O)N1CCCCC1C(F)(F)F. The Kier molecular flexibility index (Phi) is 4.14. The van der Waals surface area contributed by atoms with Gasteiger partial charge in [-0.15, -0.1) is 0 Å². The van der Waals surface area contributed by atoms with Gasteiger partial charge < -0.3 is 10.0 Å². The van der Waals surface area contributed by atoms with Crippen molar-refractivity contribution < 1.29 is 27.9 Å². The van der Waals surface area contributed by atoms with Gasteiger partial charge in [-0.1, -0.05) is 0 Å². The summed E-state index contributed by atoms with van der Waals surface area (Å²) >= 11 is 0. The molecule has 96 valence electrons. The van der Waals surface area contributed by atoms with Crippen LogP contribution in [0.2, 0.25) is 0 Å². The molecule has 0 bridgehead atoms. The fraction of sp³-hybridized carbons (Fsp3) is 0.600. The van der Waals surface area contributed by atoms with Gasteiger partial charge in [-0.2, -0.15) is 13.2 Å². The Bertz CT molecular complexity index is 338. The monoisotopic (exact) mass is 251 g/mol. The molecule has 1 aliphatic heterocycles. The lowest BCUT2D eigenvalue weighted by Gasteiger charge is -2.36. The first-order valence-electron chi connectivity index (χ1n) is 5.10. The maximum absolute atomic E-state index is 12.6. The highest BCUT2D eigenvalue weighted by molar-refractivity contribution is 5.94. The van der Waals surface area contributed by atoms with E-state index in [9.17, 15) is 22.8 Å². The Morgan fingerprint density at radius 1 is 1.24 bits per heavy atom. The van der Waals surface area contributed by atoms with Crippen LogP contribution in [0, 0.1) is 0 Å². The van der Waals surface area contributed by atoms with E-state index in [0.29, 0.717) is 29.9 Å². The highest BCUT2D eigenvalue weighted by atomic mass is 19.4. The molecule has 0 saturated carbocycles. The van der Waals surface area contributed by atoms with E-state index in [1.807, 2.05) is 0 Å². The predicted octanol–water partition coefficient (Wildman–Crippen LogP) is 1.57. The molecule has 0 aromatic heterocycles. The highest BCUT2D eigenvalue weighted by Crippen LogP contribution is 2.31. The number of halogens is 3. The maximum Gasteiger partial charge on any atom is 0.408 e. The zero-order valence-electron chi connectivity index (χ0n) is 8.91. The normalized spacial score (nSPS) is 21.8. The summed E-state index contributed by atoms with van der Waals surface area (Å²) in [5, 5.41) is 8.31. The summed E-state index contributed by atoms with van der Waals surface area (Å²) < 4.78 is 37.8. The predicted molar refractivity (Wildman–Crippen MR) is 52.2 cm³/mol. The Morgan fingerprint density at radius 3 is 2.41 bits per heavy atom. The number of rotatable bonds is 2. The topological polar surface area (TPSA) is 57.6 Å². The average molecular weight is 251 g/mol. The lowest BCUT2D eigenvalue weighted by Crippen LogP contribution is -2.50. The fourth-order valence-electron chi connectivity index (χ4n) is 1.77. The Balaban J connectivity index is 2.78. The first-order chi connectivity index (χ1) is 7.82. The largest absolute Gasteiger partial charge is 0.478 e. The van der Waals surface area contributed by atoms with Gasteiger partial charge in [0.25, 0.3) is 0 Å². The van der Waals surface area contributed by atoms with Crippen molar-refractivity contribution in [1.29, 1.82) is 0 Å². The van der Waals surface area contributed by atoms with Crippen molar-refractivity contribution in [2.45, 2.75) is 31.5 Å². The number of amides is 1. The molecule has 1 unspecified atom stereocenters. The quantitative estimate of drug-likeness (QED) is 0.758. The second kappa shape index (κ2) is 5.20. The van der Waals surface area contributed by atoms with E-state index in [1.165, 1.54) is 0 Å². The number of hydrogen-bond acceptors (Lipinski definition) is 2. The lowest BCUT2D eigenvalue weighted by molar-refractivity contribution is -0.193. The number of hydrogen-bond donors (Lipinski definition) is 1. The van der Waals surface area contributed by atoms with Crippen LogP contribution in [0.1, 0.15) is 19.3 Å². The van der Waals surface area contributed by atoms with Gasteiger partial charge in [0.15, 0.2) is 0 Å². The molecular weight excluding hydrogens is 239 g/mol. The summed E-state index contributed by atoms with van der Waals surface area (Å²) in [5.74, 6) is -2.27. The fourth-order valence-corrected chi connectivity index (χ4v) is 1.77. The van der Waals surface area contributed by atoms with Gasteiger partial charge in [-0.25, -0.2) is 4.79 Å². The minimum Gasteiger partial charge on any atom is -0.478 e. The molecular formula is C10H12F3NO3. The summed E-state index contributed by atoms with van der Waals surface area (Å²) in [6.45, 7) is 0.00691. The van der Waals surface area contributed by atoms with Crippen LogP contribution in [-0.4, -0.2) is 40.6 Å². The smallest absolute Gasteiger partial charge is 0.408 e. The molecule has 1 amide bonds. The molecule has 0 aliphatic carbocycles. The second-order valence-electron chi connectivity index (χ2n) is 3.76. The van der Waals surface area contributed by atoms with E-state index in [4.69, 9.17) is 5.11 Å². The first-order valence-corrected chi connectivity index (χ1v) is 5.10. The molecule has 7 heteroatoms. The summed E-state index contributed by atoms with van der Waals surface area (Å²) in [6.07, 6.45) is -2.48. The van der Waals surface area contributed by atoms with Gasteiger partial charge in [-0.05, 0) is 19.3 Å². The number of carbonyl (C=O) groups is 2. The van der Waals surface area contributed by atoms with Crippen LogP contribution >= 0.6 is 0 Å². The second-order valence-corrected chi connectivity index (χ2v) is 3.76. The van der Waals surface area contributed by atoms with Crippen LogP contribution in [-0.2, 0) is 9.59 Å². The van der Waals surface area contributed by atoms with Crippen molar-refractivity contribution in [3.8, 4) is 0 Å². The van der Waals surface area contributed by atoms with Gasteiger partial charge in [0.05, 0.1) is 0 Å². The van der Waals surface area contributed by atoms with Gasteiger partial charge in [0.1, 0.15) is 6.04 Å². The molecule has 1 aliphatic rings. The highest BCUT2D eigenvalue weighted by Gasteiger charge is 2.45. The third-order valence-corrected chi connectivity index (χ3v) is 2.53. The number of carboxylic acid groups (broad SMARTS) is 1. The van der Waals surface area contributed by atoms with E-state index in [1.54, 1.807) is 0 Å². The lowest BCUT2D eigenvalue weighted by atomic mass is 10.0. The number of nitrogens with zero attached hydrogens (tertiary/aromatic N) is 1.